The number of benzene rings is 1. The molecule has 2 aliphatic rings. The van der Waals surface area contributed by atoms with Crippen LogP contribution in [-0.2, 0) is 11.3 Å². The van der Waals surface area contributed by atoms with Crippen molar-refractivity contribution in [3.63, 3.8) is 0 Å². The molecule has 1 aromatic heterocycles. The molecule has 3 heterocycles. The van der Waals surface area contributed by atoms with Gasteiger partial charge in [0.25, 0.3) is 0 Å². The van der Waals surface area contributed by atoms with Crippen LogP contribution in [0.1, 0.15) is 31.2 Å². The van der Waals surface area contributed by atoms with Gasteiger partial charge in [-0.15, -0.1) is 0 Å². The molecule has 0 unspecified atom stereocenters. The normalized spacial score (nSPS) is 18.5. The minimum absolute atomic E-state index is 0.149. The summed E-state index contributed by atoms with van der Waals surface area (Å²) in [5, 5.41) is 7.12. The van der Waals surface area contributed by atoms with Crippen LogP contribution in [0.4, 0.5) is 23.5 Å². The second-order valence-corrected chi connectivity index (χ2v) is 7.74. The first-order valence-corrected chi connectivity index (χ1v) is 10.0. The van der Waals surface area contributed by atoms with Crippen LogP contribution >= 0.6 is 0 Å². The van der Waals surface area contributed by atoms with Crippen molar-refractivity contribution >= 4 is 11.9 Å². The van der Waals surface area contributed by atoms with Gasteiger partial charge in [-0.3, -0.25) is 4.90 Å². The second-order valence-electron chi connectivity index (χ2n) is 7.74. The van der Waals surface area contributed by atoms with E-state index in [-0.39, 0.29) is 11.4 Å². The molecule has 0 aliphatic carbocycles. The minimum atomic E-state index is -5.08. The Morgan fingerprint density at radius 3 is 2.29 bits per heavy atom. The molecule has 1 N–H and O–H groups in total. The Morgan fingerprint density at radius 1 is 1.06 bits per heavy atom. The summed E-state index contributed by atoms with van der Waals surface area (Å²) in [6, 6.07) is 8.82. The molecule has 10 heteroatoms. The fourth-order valence-electron chi connectivity index (χ4n) is 4.22. The third-order valence-electron chi connectivity index (χ3n) is 5.71. The molecule has 4 rings (SSSR count). The van der Waals surface area contributed by atoms with Crippen molar-refractivity contribution in [2.45, 2.75) is 43.9 Å². The number of carbonyl (C=O) groups is 1. The maximum atomic E-state index is 13.4. The third-order valence-corrected chi connectivity index (χ3v) is 5.71. The topological polar surface area (TPSA) is 69.6 Å². The van der Waals surface area contributed by atoms with Gasteiger partial charge in [-0.1, -0.05) is 12.1 Å². The summed E-state index contributed by atoms with van der Waals surface area (Å²) >= 11 is 0. The molecule has 1 spiro atoms. The Kier molecular flexibility index (Phi) is 7.09. The Balaban J connectivity index is 0.000000339. The first kappa shape index (κ1) is 22.9. The number of piperidine rings is 1. The Morgan fingerprint density at radius 2 is 1.71 bits per heavy atom. The highest BCUT2D eigenvalue weighted by molar-refractivity contribution is 5.73. The van der Waals surface area contributed by atoms with Gasteiger partial charge in [0.1, 0.15) is 5.82 Å². The minimum Gasteiger partial charge on any atom is -0.475 e. The van der Waals surface area contributed by atoms with E-state index in [2.05, 4.69) is 19.8 Å². The van der Waals surface area contributed by atoms with Gasteiger partial charge < -0.3 is 10.0 Å². The van der Waals surface area contributed by atoms with Gasteiger partial charge >= 0.3 is 12.1 Å². The number of rotatable bonds is 3. The molecule has 0 saturated carbocycles. The number of hydrogen-bond donors (Lipinski definition) is 1. The van der Waals surface area contributed by atoms with E-state index in [4.69, 9.17) is 9.90 Å². The summed E-state index contributed by atoms with van der Waals surface area (Å²) in [5.74, 6) is -2.04. The van der Waals surface area contributed by atoms with Crippen LogP contribution in [0.2, 0.25) is 0 Å². The first-order valence-electron chi connectivity index (χ1n) is 10.0. The van der Waals surface area contributed by atoms with E-state index in [1.165, 1.54) is 18.9 Å². The van der Waals surface area contributed by atoms with Gasteiger partial charge in [-0.2, -0.15) is 13.2 Å². The molecule has 2 aromatic rings. The number of carboxylic acids is 1. The van der Waals surface area contributed by atoms with Crippen LogP contribution < -0.4 is 4.90 Å². The molecular weight excluding hydrogens is 416 g/mol. The molecule has 2 aliphatic heterocycles. The highest BCUT2D eigenvalue weighted by Gasteiger charge is 2.44. The zero-order valence-corrected chi connectivity index (χ0v) is 16.9. The van der Waals surface area contributed by atoms with Gasteiger partial charge in [-0.05, 0) is 49.4 Å². The number of hydrogen-bond acceptors (Lipinski definition) is 5. The quantitative estimate of drug-likeness (QED) is 0.731. The molecule has 0 atom stereocenters. The molecule has 168 valence electrons. The Labute approximate surface area is 177 Å². The lowest BCUT2D eigenvalue weighted by molar-refractivity contribution is -0.192. The predicted octanol–water partition coefficient (Wildman–Crippen LogP) is 3.88. The van der Waals surface area contributed by atoms with Crippen LogP contribution in [0.25, 0.3) is 0 Å². The lowest BCUT2D eigenvalue weighted by Crippen LogP contribution is -2.52. The van der Waals surface area contributed by atoms with E-state index in [1.54, 1.807) is 12.1 Å². The fraction of sp³-hybridized carbons (Fsp3) is 0.476. The number of likely N-dealkylation sites (tertiary alicyclic amines) is 1. The van der Waals surface area contributed by atoms with Gasteiger partial charge in [0, 0.05) is 44.1 Å². The van der Waals surface area contributed by atoms with E-state index in [0.717, 1.165) is 50.5 Å². The van der Waals surface area contributed by atoms with Crippen LogP contribution in [0.3, 0.4) is 0 Å². The number of anilines is 1. The van der Waals surface area contributed by atoms with Crippen molar-refractivity contribution in [1.29, 1.82) is 0 Å². The Hall–Kier alpha value is -2.75. The summed E-state index contributed by atoms with van der Waals surface area (Å²) in [6.45, 7) is 3.96. The van der Waals surface area contributed by atoms with Crippen molar-refractivity contribution in [3.8, 4) is 0 Å². The monoisotopic (exact) mass is 440 g/mol. The molecule has 0 bridgehead atoms. The van der Waals surface area contributed by atoms with E-state index in [9.17, 15) is 17.6 Å². The van der Waals surface area contributed by atoms with Crippen molar-refractivity contribution in [2.75, 3.05) is 24.5 Å². The van der Waals surface area contributed by atoms with Crippen LogP contribution in [0.5, 0.6) is 0 Å². The smallest absolute Gasteiger partial charge is 0.475 e. The molecule has 31 heavy (non-hydrogen) atoms. The van der Waals surface area contributed by atoms with Gasteiger partial charge in [-0.25, -0.2) is 19.2 Å². The number of aromatic nitrogens is 2. The molecule has 2 saturated heterocycles. The molecule has 6 nitrogen and oxygen atoms in total. The maximum absolute atomic E-state index is 13.4. The van der Waals surface area contributed by atoms with Crippen LogP contribution in [-0.4, -0.2) is 57.3 Å². The molecule has 1 aromatic carbocycles. The van der Waals surface area contributed by atoms with Crippen LogP contribution in [0.15, 0.2) is 42.7 Å². The maximum Gasteiger partial charge on any atom is 0.490 e. The zero-order chi connectivity index (χ0) is 22.5. The van der Waals surface area contributed by atoms with E-state index >= 15 is 0 Å². The lowest BCUT2D eigenvalue weighted by Gasteiger charge is -2.45. The molecule has 0 radical (unpaired) electrons. The number of halogens is 4. The second kappa shape index (κ2) is 9.59. The van der Waals surface area contributed by atoms with Gasteiger partial charge in [0.15, 0.2) is 0 Å². The fourth-order valence-corrected chi connectivity index (χ4v) is 4.22. The summed E-state index contributed by atoms with van der Waals surface area (Å²) < 4.78 is 45.1. The van der Waals surface area contributed by atoms with Crippen molar-refractivity contribution < 1.29 is 27.5 Å². The summed E-state index contributed by atoms with van der Waals surface area (Å²) in [5.41, 5.74) is 1.26. The highest BCUT2D eigenvalue weighted by Crippen LogP contribution is 2.40. The van der Waals surface area contributed by atoms with Crippen LogP contribution in [0, 0.1) is 5.82 Å². The SMILES string of the molecule is Fc1cccc(CN2CCC3(CCCN3c3ncccn3)CC2)c1.O=C(O)C(F)(F)F. The highest BCUT2D eigenvalue weighted by atomic mass is 19.4. The Bertz CT molecular complexity index is 871. The first-order chi connectivity index (χ1) is 14.7. The van der Waals surface area contributed by atoms with Crippen molar-refractivity contribution in [3.05, 3.63) is 54.1 Å². The number of alkyl halides is 3. The summed E-state index contributed by atoms with van der Waals surface area (Å²) in [4.78, 5) is 22.7. The largest absolute Gasteiger partial charge is 0.490 e. The summed E-state index contributed by atoms with van der Waals surface area (Å²) in [7, 11) is 0. The van der Waals surface area contributed by atoms with Gasteiger partial charge in [0.2, 0.25) is 5.95 Å². The molecular formula is C21H24F4N4O2. The number of nitrogens with zero attached hydrogens (tertiary/aromatic N) is 4. The standard InChI is InChI=1S/C19H23FN4.C2HF3O2/c20-17-5-1-4-16(14-17)15-23-12-7-19(8-13-23)6-2-11-24(19)18-21-9-3-10-22-18;3-2(4,5)1(6)7/h1,3-5,9-10,14H,2,6-8,11-13,15H2;(H,6,7). The number of aliphatic carboxylic acids is 1. The van der Waals surface area contributed by atoms with Crippen molar-refractivity contribution in [1.82, 2.24) is 14.9 Å². The molecule has 0 amide bonds. The van der Waals surface area contributed by atoms with Gasteiger partial charge in [0.05, 0.1) is 0 Å². The van der Waals surface area contributed by atoms with Crippen molar-refractivity contribution in [2.24, 2.45) is 0 Å². The lowest BCUT2D eigenvalue weighted by atomic mass is 9.85. The van der Waals surface area contributed by atoms with E-state index in [0.29, 0.717) is 0 Å². The van der Waals surface area contributed by atoms with E-state index < -0.39 is 12.1 Å². The molecule has 2 fully saturated rings. The average Bonchev–Trinajstić information content (AvgIpc) is 3.13. The third kappa shape index (κ3) is 5.90. The van der Waals surface area contributed by atoms with E-state index in [1.807, 2.05) is 24.5 Å². The zero-order valence-electron chi connectivity index (χ0n) is 16.9. The number of carboxylic acid groups (broad SMARTS) is 1. The predicted molar refractivity (Wildman–Crippen MR) is 106 cm³/mol. The average molecular weight is 440 g/mol. The summed E-state index contributed by atoms with van der Waals surface area (Å²) in [6.07, 6.45) is 3.25.